The molecule has 4 nitrogen and oxygen atoms in total. The molecule has 0 radical (unpaired) electrons. The standard InChI is InChI=1S/C16H20BrNO3/c1-11-5-3-6-12(2)18(11)15(19)10-21-16(20)13-7-4-8-14(17)9-13/h4,7-9,11-12H,3,5-6,10H2,1-2H3/t11-,12-/m1/s1. The summed E-state index contributed by atoms with van der Waals surface area (Å²) in [4.78, 5) is 26.0. The summed E-state index contributed by atoms with van der Waals surface area (Å²) in [6.45, 7) is 3.90. The van der Waals surface area contributed by atoms with Crippen molar-refractivity contribution in [2.75, 3.05) is 6.61 Å². The van der Waals surface area contributed by atoms with Crippen LogP contribution in [-0.4, -0.2) is 35.5 Å². The lowest BCUT2D eigenvalue weighted by Gasteiger charge is -2.38. The highest BCUT2D eigenvalue weighted by Crippen LogP contribution is 2.22. The first-order valence-corrected chi connectivity index (χ1v) is 8.02. The Kier molecular flexibility index (Phi) is 5.39. The van der Waals surface area contributed by atoms with E-state index < -0.39 is 5.97 Å². The van der Waals surface area contributed by atoms with E-state index in [0.717, 1.165) is 23.7 Å². The molecule has 0 saturated carbocycles. The molecule has 2 atom stereocenters. The van der Waals surface area contributed by atoms with Crippen molar-refractivity contribution in [2.45, 2.75) is 45.2 Å². The van der Waals surface area contributed by atoms with Crippen LogP contribution < -0.4 is 0 Å². The Morgan fingerprint density at radius 3 is 2.57 bits per heavy atom. The molecule has 1 aromatic rings. The zero-order valence-corrected chi connectivity index (χ0v) is 13.9. The highest BCUT2D eigenvalue weighted by Gasteiger charge is 2.29. The van der Waals surface area contributed by atoms with Gasteiger partial charge < -0.3 is 9.64 Å². The molecule has 1 fully saturated rings. The first-order valence-electron chi connectivity index (χ1n) is 7.23. The summed E-state index contributed by atoms with van der Waals surface area (Å²) in [6, 6.07) is 7.37. The summed E-state index contributed by atoms with van der Waals surface area (Å²) in [5.74, 6) is -0.583. The fourth-order valence-corrected chi connectivity index (χ4v) is 3.21. The number of esters is 1. The molecule has 0 N–H and O–H groups in total. The van der Waals surface area contributed by atoms with E-state index in [4.69, 9.17) is 4.74 Å². The van der Waals surface area contributed by atoms with Crippen molar-refractivity contribution in [2.24, 2.45) is 0 Å². The maximum atomic E-state index is 12.3. The van der Waals surface area contributed by atoms with E-state index >= 15 is 0 Å². The lowest BCUT2D eigenvalue weighted by molar-refractivity contribution is -0.140. The largest absolute Gasteiger partial charge is 0.452 e. The molecule has 1 aliphatic heterocycles. The van der Waals surface area contributed by atoms with Gasteiger partial charge in [0.05, 0.1) is 5.56 Å². The quantitative estimate of drug-likeness (QED) is 0.782. The molecule has 5 heteroatoms. The number of carbonyl (C=O) groups is 2. The van der Waals surface area contributed by atoms with E-state index in [9.17, 15) is 9.59 Å². The normalized spacial score (nSPS) is 22.0. The number of ether oxygens (including phenoxy) is 1. The van der Waals surface area contributed by atoms with Gasteiger partial charge in [-0.1, -0.05) is 22.0 Å². The van der Waals surface area contributed by atoms with Crippen LogP contribution in [0, 0.1) is 0 Å². The predicted molar refractivity (Wildman–Crippen MR) is 84.0 cm³/mol. The second-order valence-corrected chi connectivity index (χ2v) is 6.43. The summed E-state index contributed by atoms with van der Waals surface area (Å²) in [6.07, 6.45) is 3.16. The first-order chi connectivity index (χ1) is 9.99. The highest BCUT2D eigenvalue weighted by molar-refractivity contribution is 9.10. The fourth-order valence-electron chi connectivity index (χ4n) is 2.81. The Bertz CT molecular complexity index is 522. The molecule has 2 rings (SSSR count). The predicted octanol–water partition coefficient (Wildman–Crippen LogP) is 3.40. The number of rotatable bonds is 3. The van der Waals surface area contributed by atoms with Crippen molar-refractivity contribution < 1.29 is 14.3 Å². The Morgan fingerprint density at radius 1 is 1.29 bits per heavy atom. The molecule has 1 aliphatic rings. The van der Waals surface area contributed by atoms with E-state index in [1.165, 1.54) is 0 Å². The zero-order chi connectivity index (χ0) is 15.4. The molecule has 1 heterocycles. The zero-order valence-electron chi connectivity index (χ0n) is 12.3. The molecular weight excluding hydrogens is 334 g/mol. The second kappa shape index (κ2) is 7.07. The summed E-state index contributed by atoms with van der Waals surface area (Å²) in [5, 5.41) is 0. The van der Waals surface area contributed by atoms with Crippen molar-refractivity contribution in [3.63, 3.8) is 0 Å². The molecule has 1 aromatic carbocycles. The average Bonchev–Trinajstić information content (AvgIpc) is 2.44. The highest BCUT2D eigenvalue weighted by atomic mass is 79.9. The van der Waals surface area contributed by atoms with Gasteiger partial charge in [-0.2, -0.15) is 0 Å². The summed E-state index contributed by atoms with van der Waals surface area (Å²) in [7, 11) is 0. The van der Waals surface area contributed by atoms with E-state index in [1.54, 1.807) is 18.2 Å². The molecule has 1 amide bonds. The number of likely N-dealkylation sites (tertiary alicyclic amines) is 1. The van der Waals surface area contributed by atoms with Gasteiger partial charge in [0, 0.05) is 16.6 Å². The van der Waals surface area contributed by atoms with Gasteiger partial charge in [-0.25, -0.2) is 4.79 Å². The van der Waals surface area contributed by atoms with Crippen LogP contribution >= 0.6 is 15.9 Å². The third kappa shape index (κ3) is 4.06. The number of hydrogen-bond acceptors (Lipinski definition) is 3. The Balaban J connectivity index is 1.93. The number of amides is 1. The minimum atomic E-state index is -0.470. The van der Waals surface area contributed by atoms with E-state index in [-0.39, 0.29) is 24.6 Å². The van der Waals surface area contributed by atoms with Gasteiger partial charge in [-0.05, 0) is 51.3 Å². The van der Waals surface area contributed by atoms with Gasteiger partial charge >= 0.3 is 5.97 Å². The topological polar surface area (TPSA) is 46.6 Å². The molecule has 114 valence electrons. The van der Waals surface area contributed by atoms with Crippen LogP contribution in [0.25, 0.3) is 0 Å². The Labute approximate surface area is 133 Å². The summed E-state index contributed by atoms with van der Waals surface area (Å²) >= 11 is 3.31. The van der Waals surface area contributed by atoms with Crippen LogP contribution in [-0.2, 0) is 9.53 Å². The molecule has 21 heavy (non-hydrogen) atoms. The second-order valence-electron chi connectivity index (χ2n) is 5.52. The smallest absolute Gasteiger partial charge is 0.338 e. The van der Waals surface area contributed by atoms with Crippen molar-refractivity contribution in [1.29, 1.82) is 0 Å². The minimum Gasteiger partial charge on any atom is -0.452 e. The van der Waals surface area contributed by atoms with E-state index in [2.05, 4.69) is 15.9 Å². The van der Waals surface area contributed by atoms with Crippen LogP contribution in [0.2, 0.25) is 0 Å². The van der Waals surface area contributed by atoms with Crippen molar-refractivity contribution in [3.05, 3.63) is 34.3 Å². The lowest BCUT2D eigenvalue weighted by atomic mass is 9.97. The maximum absolute atomic E-state index is 12.3. The van der Waals surface area contributed by atoms with E-state index in [0.29, 0.717) is 5.56 Å². The molecule has 0 unspecified atom stereocenters. The fraction of sp³-hybridized carbons (Fsp3) is 0.500. The van der Waals surface area contributed by atoms with Gasteiger partial charge in [-0.15, -0.1) is 0 Å². The van der Waals surface area contributed by atoms with Gasteiger partial charge in [0.25, 0.3) is 5.91 Å². The molecule has 0 aliphatic carbocycles. The van der Waals surface area contributed by atoms with Crippen molar-refractivity contribution in [1.82, 2.24) is 4.90 Å². The van der Waals surface area contributed by atoms with Crippen LogP contribution in [0.3, 0.4) is 0 Å². The monoisotopic (exact) mass is 353 g/mol. The van der Waals surface area contributed by atoms with Crippen molar-refractivity contribution in [3.8, 4) is 0 Å². The molecule has 0 aromatic heterocycles. The Morgan fingerprint density at radius 2 is 1.95 bits per heavy atom. The van der Waals surface area contributed by atoms with Crippen LogP contribution in [0.5, 0.6) is 0 Å². The lowest BCUT2D eigenvalue weighted by Crippen LogP contribution is -2.49. The van der Waals surface area contributed by atoms with E-state index in [1.807, 2.05) is 24.8 Å². The van der Waals surface area contributed by atoms with Gasteiger partial charge in [0.15, 0.2) is 6.61 Å². The molecule has 0 spiro atoms. The van der Waals surface area contributed by atoms with Crippen LogP contribution in [0.1, 0.15) is 43.5 Å². The van der Waals surface area contributed by atoms with Crippen molar-refractivity contribution >= 4 is 27.8 Å². The Hall–Kier alpha value is -1.36. The third-order valence-corrected chi connectivity index (χ3v) is 4.36. The number of benzene rings is 1. The van der Waals surface area contributed by atoms with Gasteiger partial charge in [0.1, 0.15) is 0 Å². The van der Waals surface area contributed by atoms with Crippen LogP contribution in [0.4, 0.5) is 0 Å². The minimum absolute atomic E-state index is 0.113. The number of nitrogens with zero attached hydrogens (tertiary/aromatic N) is 1. The van der Waals surface area contributed by atoms with Gasteiger partial charge in [-0.3, -0.25) is 4.79 Å². The summed E-state index contributed by atoms with van der Waals surface area (Å²) in [5.41, 5.74) is 0.442. The summed E-state index contributed by atoms with van der Waals surface area (Å²) < 4.78 is 5.95. The number of hydrogen-bond donors (Lipinski definition) is 0. The number of halogens is 1. The maximum Gasteiger partial charge on any atom is 0.338 e. The first kappa shape index (κ1) is 16.0. The number of piperidine rings is 1. The van der Waals surface area contributed by atoms with Gasteiger partial charge in [0.2, 0.25) is 0 Å². The number of carbonyl (C=O) groups excluding carboxylic acids is 2. The SMILES string of the molecule is C[C@@H]1CCC[C@@H](C)N1C(=O)COC(=O)c1cccc(Br)c1. The molecular formula is C16H20BrNO3. The third-order valence-electron chi connectivity index (χ3n) is 3.87. The van der Waals surface area contributed by atoms with Crippen LogP contribution in [0.15, 0.2) is 28.7 Å². The molecule has 0 bridgehead atoms. The molecule has 1 saturated heterocycles. The average molecular weight is 354 g/mol.